The minimum absolute atomic E-state index is 0.0275. The van der Waals surface area contributed by atoms with Gasteiger partial charge in [-0.3, -0.25) is 0 Å². The average molecular weight is 515 g/mol. The molecule has 194 valence electrons. The van der Waals surface area contributed by atoms with Gasteiger partial charge in [-0.1, -0.05) is 18.2 Å². The number of benzene rings is 4. The lowest BCUT2D eigenvalue weighted by Gasteiger charge is -2.24. The molecule has 0 radical (unpaired) electrons. The summed E-state index contributed by atoms with van der Waals surface area (Å²) in [6.45, 7) is 0. The molecule has 38 heavy (non-hydrogen) atoms. The molecule has 1 aliphatic rings. The van der Waals surface area contributed by atoms with E-state index in [1.54, 1.807) is 30.3 Å². The number of rotatable bonds is 5. The Morgan fingerprint density at radius 2 is 1.18 bits per heavy atom. The lowest BCUT2D eigenvalue weighted by Crippen LogP contribution is -2.08. The third-order valence-corrected chi connectivity index (χ3v) is 6.81. The molecule has 0 bridgehead atoms. The molecule has 4 aromatic rings. The van der Waals surface area contributed by atoms with E-state index in [4.69, 9.17) is 9.47 Å². The van der Waals surface area contributed by atoms with Gasteiger partial charge in [0.1, 0.15) is 23.0 Å². The highest BCUT2D eigenvalue weighted by atomic mass is 16.5. The normalized spacial score (nSPS) is 17.4. The van der Waals surface area contributed by atoms with Crippen molar-refractivity contribution >= 4 is 11.6 Å². The van der Waals surface area contributed by atoms with Crippen LogP contribution in [-0.2, 0) is 0 Å². The summed E-state index contributed by atoms with van der Waals surface area (Å²) in [5.74, 6) is -1.27. The molecule has 0 amide bonds. The van der Waals surface area contributed by atoms with E-state index in [0.29, 0.717) is 33.4 Å². The molecule has 6 N–H and O–H groups in total. The van der Waals surface area contributed by atoms with Crippen LogP contribution in [0.5, 0.6) is 46.0 Å². The van der Waals surface area contributed by atoms with Crippen LogP contribution in [0.1, 0.15) is 39.7 Å². The number of hydrogen-bond acceptors (Lipinski definition) is 8. The lowest BCUT2D eigenvalue weighted by molar-refractivity contribution is 0.372. The van der Waals surface area contributed by atoms with Crippen molar-refractivity contribution in [2.24, 2.45) is 0 Å². The highest BCUT2D eigenvalue weighted by molar-refractivity contribution is 5.93. The number of allylic oxidation sites excluding steroid dienone is 1. The third-order valence-electron chi connectivity index (χ3n) is 6.81. The van der Waals surface area contributed by atoms with Gasteiger partial charge in [0.05, 0.1) is 14.2 Å². The number of fused-ring (bicyclic) bond motifs is 1. The maximum Gasteiger partial charge on any atom is 0.161 e. The highest BCUT2D eigenvalue weighted by Gasteiger charge is 2.41. The zero-order valence-electron chi connectivity index (χ0n) is 20.6. The summed E-state index contributed by atoms with van der Waals surface area (Å²) in [6, 6.07) is 16.8. The third kappa shape index (κ3) is 4.26. The molecule has 0 unspecified atom stereocenters. The zero-order valence-corrected chi connectivity index (χ0v) is 20.6. The van der Waals surface area contributed by atoms with Gasteiger partial charge >= 0.3 is 0 Å². The summed E-state index contributed by atoms with van der Waals surface area (Å²) >= 11 is 0. The number of phenols is 6. The quantitative estimate of drug-likeness (QED) is 0.208. The second-order valence-electron chi connectivity index (χ2n) is 9.13. The van der Waals surface area contributed by atoms with E-state index in [-0.39, 0.29) is 46.0 Å². The Balaban J connectivity index is 1.84. The fourth-order valence-corrected chi connectivity index (χ4v) is 5.25. The topological polar surface area (TPSA) is 140 Å². The van der Waals surface area contributed by atoms with Crippen LogP contribution in [0.2, 0.25) is 0 Å². The van der Waals surface area contributed by atoms with Gasteiger partial charge in [0.25, 0.3) is 0 Å². The van der Waals surface area contributed by atoms with Crippen LogP contribution in [0.4, 0.5) is 0 Å². The lowest BCUT2D eigenvalue weighted by atomic mass is 9.79. The van der Waals surface area contributed by atoms with Crippen molar-refractivity contribution in [3.8, 4) is 46.0 Å². The molecule has 0 saturated heterocycles. The highest BCUT2D eigenvalue weighted by Crippen LogP contribution is 2.59. The molecular formula is C30H26O8. The Morgan fingerprint density at radius 3 is 1.84 bits per heavy atom. The van der Waals surface area contributed by atoms with Crippen LogP contribution in [0, 0.1) is 0 Å². The van der Waals surface area contributed by atoms with E-state index in [2.05, 4.69) is 0 Å². The van der Waals surface area contributed by atoms with Crippen molar-refractivity contribution < 1.29 is 40.1 Å². The number of ether oxygens (including phenoxy) is 2. The first-order valence-electron chi connectivity index (χ1n) is 11.7. The summed E-state index contributed by atoms with van der Waals surface area (Å²) in [5, 5.41) is 62.5. The summed E-state index contributed by atoms with van der Waals surface area (Å²) in [5.41, 5.74) is 3.63. The van der Waals surface area contributed by atoms with Crippen molar-refractivity contribution in [2.45, 2.75) is 11.8 Å². The van der Waals surface area contributed by atoms with Gasteiger partial charge in [-0.2, -0.15) is 0 Å². The van der Waals surface area contributed by atoms with Gasteiger partial charge in [-0.05, 0) is 70.3 Å². The van der Waals surface area contributed by atoms with Crippen LogP contribution in [0.3, 0.4) is 0 Å². The average Bonchev–Trinajstić information content (AvgIpc) is 3.19. The van der Waals surface area contributed by atoms with Crippen LogP contribution in [-0.4, -0.2) is 44.9 Å². The van der Waals surface area contributed by atoms with Gasteiger partial charge < -0.3 is 40.1 Å². The van der Waals surface area contributed by atoms with Crippen LogP contribution >= 0.6 is 0 Å². The zero-order chi connectivity index (χ0) is 27.1. The fourth-order valence-electron chi connectivity index (χ4n) is 5.25. The number of phenolic OH excluding ortho intramolecular Hbond substituents is 6. The molecule has 4 aromatic carbocycles. The predicted octanol–water partition coefficient (Wildman–Crippen LogP) is 5.41. The molecule has 8 heteroatoms. The summed E-state index contributed by atoms with van der Waals surface area (Å²) in [7, 11) is 2.88. The molecule has 5 rings (SSSR count). The van der Waals surface area contributed by atoms with Crippen molar-refractivity contribution in [1.29, 1.82) is 0 Å². The minimum Gasteiger partial charge on any atom is -0.508 e. The molecule has 0 spiro atoms. The molecular weight excluding hydrogens is 488 g/mol. The maximum absolute atomic E-state index is 11.1. The Labute approximate surface area is 218 Å². The molecule has 0 heterocycles. The number of hydrogen-bond donors (Lipinski definition) is 6. The van der Waals surface area contributed by atoms with E-state index in [9.17, 15) is 30.6 Å². The fraction of sp³-hybridized carbons (Fsp3) is 0.133. The van der Waals surface area contributed by atoms with E-state index >= 15 is 0 Å². The molecule has 8 nitrogen and oxygen atoms in total. The van der Waals surface area contributed by atoms with Crippen molar-refractivity contribution in [2.75, 3.05) is 14.2 Å². The summed E-state index contributed by atoms with van der Waals surface area (Å²) in [4.78, 5) is 0. The van der Waals surface area contributed by atoms with E-state index < -0.39 is 11.8 Å². The smallest absolute Gasteiger partial charge is 0.161 e. The Bertz CT molecular complexity index is 1550. The van der Waals surface area contributed by atoms with Gasteiger partial charge in [-0.25, -0.2) is 0 Å². The van der Waals surface area contributed by atoms with Gasteiger partial charge in [0, 0.05) is 29.5 Å². The molecule has 1 aliphatic carbocycles. The number of aromatic hydroxyl groups is 6. The van der Waals surface area contributed by atoms with E-state index in [1.807, 2.05) is 6.08 Å². The maximum atomic E-state index is 11.1. The van der Waals surface area contributed by atoms with Crippen LogP contribution < -0.4 is 9.47 Å². The van der Waals surface area contributed by atoms with Gasteiger partial charge in [0.2, 0.25) is 0 Å². The van der Waals surface area contributed by atoms with Crippen molar-refractivity contribution in [3.63, 3.8) is 0 Å². The van der Waals surface area contributed by atoms with Gasteiger partial charge in [-0.15, -0.1) is 0 Å². The largest absolute Gasteiger partial charge is 0.508 e. The minimum atomic E-state index is -0.565. The van der Waals surface area contributed by atoms with E-state index in [0.717, 1.165) is 0 Å². The predicted molar refractivity (Wildman–Crippen MR) is 141 cm³/mol. The molecule has 0 aliphatic heterocycles. The monoisotopic (exact) mass is 514 g/mol. The van der Waals surface area contributed by atoms with Crippen molar-refractivity contribution in [1.82, 2.24) is 0 Å². The molecule has 2 atom stereocenters. The Morgan fingerprint density at radius 1 is 0.579 bits per heavy atom. The molecule has 0 aromatic heterocycles. The standard InChI is InChI=1S/C30H26O8/c1-37-26-8-15(3-5-23(26)34)7-21-22-13-20(33)14-25(36)30(22)29(16-4-6-24(35)27(11-16)38-2)28(21)17-9-18(31)12-19(32)10-17/h3-14,28-29,31-36H,1-2H3/b21-7-/t28-,29+/m0/s1. The first-order chi connectivity index (χ1) is 18.2. The van der Waals surface area contributed by atoms with Gasteiger partial charge in [0.15, 0.2) is 23.0 Å². The van der Waals surface area contributed by atoms with Crippen LogP contribution in [0.15, 0.2) is 66.7 Å². The summed E-state index contributed by atoms with van der Waals surface area (Å²) < 4.78 is 10.6. The summed E-state index contributed by atoms with van der Waals surface area (Å²) in [6.07, 6.45) is 1.84. The number of methoxy groups -OCH3 is 2. The Kier molecular flexibility index (Phi) is 6.16. The van der Waals surface area contributed by atoms with Crippen LogP contribution in [0.25, 0.3) is 11.6 Å². The second-order valence-corrected chi connectivity index (χ2v) is 9.13. The SMILES string of the molecule is COc1cc(/C=C2/c3cc(O)cc(O)c3[C@H](c3ccc(O)c(OC)c3)[C@H]2c2cc(O)cc(O)c2)ccc1O. The molecule has 0 saturated carbocycles. The first kappa shape index (κ1) is 24.7. The van der Waals surface area contributed by atoms with E-state index in [1.165, 1.54) is 50.6 Å². The van der Waals surface area contributed by atoms with Crippen molar-refractivity contribution in [3.05, 3.63) is 94.5 Å². The second kappa shape index (κ2) is 9.48. The first-order valence-corrected chi connectivity index (χ1v) is 11.7. The molecule has 0 fully saturated rings. The Hall–Kier alpha value is -4.98.